The largest absolute Gasteiger partial charge is 0.424 e. The van der Waals surface area contributed by atoms with Crippen LogP contribution >= 0.6 is 0 Å². The van der Waals surface area contributed by atoms with Crippen LogP contribution in [-0.2, 0) is 0 Å². The highest BCUT2D eigenvalue weighted by molar-refractivity contribution is 5.57. The van der Waals surface area contributed by atoms with Gasteiger partial charge in [0.2, 0.25) is 0 Å². The summed E-state index contributed by atoms with van der Waals surface area (Å²) < 4.78 is 11.3. The monoisotopic (exact) mass is 416 g/mol. The maximum atomic E-state index is 5.90. The summed E-state index contributed by atoms with van der Waals surface area (Å²) in [6, 6.07) is 8.52. The SMILES string of the molecule is Cc1onc(N2CCC(=Cc3cccc(Oc4ncc(C5CC5)cn4)c3)C(C)C2)c1C. The molecule has 2 fully saturated rings. The summed E-state index contributed by atoms with van der Waals surface area (Å²) in [5, 5.41) is 4.26. The fourth-order valence-electron chi connectivity index (χ4n) is 4.15. The molecule has 1 saturated heterocycles. The molecule has 2 aromatic heterocycles. The molecule has 1 unspecified atom stereocenters. The first kappa shape index (κ1) is 19.8. The van der Waals surface area contributed by atoms with E-state index in [4.69, 9.17) is 9.26 Å². The van der Waals surface area contributed by atoms with Gasteiger partial charge in [-0.05, 0) is 68.2 Å². The van der Waals surface area contributed by atoms with E-state index in [1.165, 1.54) is 24.0 Å². The van der Waals surface area contributed by atoms with E-state index >= 15 is 0 Å². The van der Waals surface area contributed by atoms with Gasteiger partial charge in [-0.15, -0.1) is 0 Å². The molecular formula is C25H28N4O2. The molecule has 1 aliphatic carbocycles. The van der Waals surface area contributed by atoms with Gasteiger partial charge in [0.05, 0.1) is 0 Å². The third-order valence-electron chi connectivity index (χ3n) is 6.35. The zero-order chi connectivity index (χ0) is 21.4. The molecule has 1 atom stereocenters. The Morgan fingerprint density at radius 1 is 1.16 bits per heavy atom. The van der Waals surface area contributed by atoms with Crippen LogP contribution < -0.4 is 9.64 Å². The highest BCUT2D eigenvalue weighted by Crippen LogP contribution is 2.39. The normalized spacial score (nSPS) is 20.3. The van der Waals surface area contributed by atoms with Gasteiger partial charge in [-0.3, -0.25) is 0 Å². The van der Waals surface area contributed by atoms with E-state index in [1.807, 2.05) is 31.5 Å². The number of hydrogen-bond acceptors (Lipinski definition) is 6. The Bertz CT molecular complexity index is 1100. The van der Waals surface area contributed by atoms with Crippen LogP contribution in [0.4, 0.5) is 5.82 Å². The highest BCUT2D eigenvalue weighted by atomic mass is 16.5. The van der Waals surface area contributed by atoms with Crippen molar-refractivity contribution < 1.29 is 9.26 Å². The molecule has 3 heterocycles. The second-order valence-corrected chi connectivity index (χ2v) is 8.75. The predicted octanol–water partition coefficient (Wildman–Crippen LogP) is 5.68. The number of aromatic nitrogens is 3. The first-order valence-electron chi connectivity index (χ1n) is 11.0. The molecule has 31 heavy (non-hydrogen) atoms. The van der Waals surface area contributed by atoms with Crippen molar-refractivity contribution in [2.45, 2.75) is 46.0 Å². The lowest BCUT2D eigenvalue weighted by molar-refractivity contribution is 0.394. The summed E-state index contributed by atoms with van der Waals surface area (Å²) in [5.74, 6) is 3.72. The van der Waals surface area contributed by atoms with Crippen LogP contribution in [-0.4, -0.2) is 28.2 Å². The zero-order valence-electron chi connectivity index (χ0n) is 18.3. The van der Waals surface area contributed by atoms with Gasteiger partial charge in [0.1, 0.15) is 11.5 Å². The molecule has 0 radical (unpaired) electrons. The predicted molar refractivity (Wildman–Crippen MR) is 120 cm³/mol. The first-order chi connectivity index (χ1) is 15.1. The molecule has 1 saturated carbocycles. The molecular weight excluding hydrogens is 388 g/mol. The number of rotatable bonds is 5. The molecule has 5 rings (SSSR count). The Labute approximate surface area is 183 Å². The van der Waals surface area contributed by atoms with E-state index in [1.54, 1.807) is 0 Å². The second-order valence-electron chi connectivity index (χ2n) is 8.75. The van der Waals surface area contributed by atoms with Crippen molar-refractivity contribution in [3.05, 3.63) is 64.7 Å². The average Bonchev–Trinajstić information content (AvgIpc) is 3.56. The van der Waals surface area contributed by atoms with Gasteiger partial charge < -0.3 is 14.2 Å². The van der Waals surface area contributed by atoms with Crippen molar-refractivity contribution >= 4 is 11.9 Å². The lowest BCUT2D eigenvalue weighted by atomic mass is 9.91. The van der Waals surface area contributed by atoms with Gasteiger partial charge in [0.15, 0.2) is 5.82 Å². The Hall–Kier alpha value is -3.15. The summed E-state index contributed by atoms with van der Waals surface area (Å²) in [4.78, 5) is 11.1. The molecule has 6 nitrogen and oxygen atoms in total. The molecule has 0 N–H and O–H groups in total. The molecule has 2 aliphatic rings. The summed E-state index contributed by atoms with van der Waals surface area (Å²) >= 11 is 0. The van der Waals surface area contributed by atoms with Crippen LogP contribution in [0.1, 0.15) is 54.6 Å². The van der Waals surface area contributed by atoms with Crippen molar-refractivity contribution in [3.8, 4) is 11.8 Å². The standard InChI is InChI=1S/C25H28N4O2/c1-16-15-29(24-17(2)18(3)31-28-24)10-9-21(16)11-19-5-4-6-23(12-19)30-25-26-13-22(14-27-25)20-7-8-20/h4-6,11-14,16,20H,7-10,15H2,1-3H3. The molecule has 6 heteroatoms. The average molecular weight is 417 g/mol. The summed E-state index contributed by atoms with van der Waals surface area (Å²) in [7, 11) is 0. The minimum atomic E-state index is 0.397. The Balaban J connectivity index is 1.27. The lowest BCUT2D eigenvalue weighted by Gasteiger charge is -2.33. The number of hydrogen-bond donors (Lipinski definition) is 0. The number of nitrogens with zero attached hydrogens (tertiary/aromatic N) is 4. The number of aryl methyl sites for hydroxylation is 1. The highest BCUT2D eigenvalue weighted by Gasteiger charge is 2.25. The van der Waals surface area contributed by atoms with E-state index in [9.17, 15) is 0 Å². The van der Waals surface area contributed by atoms with E-state index in [0.29, 0.717) is 17.8 Å². The van der Waals surface area contributed by atoms with Crippen molar-refractivity contribution in [1.82, 2.24) is 15.1 Å². The molecule has 0 spiro atoms. The Morgan fingerprint density at radius 2 is 1.97 bits per heavy atom. The van der Waals surface area contributed by atoms with Crippen LogP contribution in [0, 0.1) is 19.8 Å². The van der Waals surface area contributed by atoms with Gasteiger partial charge in [0, 0.05) is 31.0 Å². The molecule has 0 amide bonds. The van der Waals surface area contributed by atoms with Crippen molar-refractivity contribution in [2.75, 3.05) is 18.0 Å². The first-order valence-corrected chi connectivity index (χ1v) is 11.0. The fraction of sp³-hybridized carbons (Fsp3) is 0.400. The van der Waals surface area contributed by atoms with Gasteiger partial charge in [-0.1, -0.05) is 35.9 Å². The third-order valence-corrected chi connectivity index (χ3v) is 6.35. The zero-order valence-corrected chi connectivity index (χ0v) is 18.3. The fourth-order valence-corrected chi connectivity index (χ4v) is 4.15. The van der Waals surface area contributed by atoms with Gasteiger partial charge in [-0.2, -0.15) is 0 Å². The second kappa shape index (κ2) is 8.17. The van der Waals surface area contributed by atoms with Gasteiger partial charge >= 0.3 is 6.01 Å². The number of benzene rings is 1. The lowest BCUT2D eigenvalue weighted by Crippen LogP contribution is -2.36. The van der Waals surface area contributed by atoms with Crippen LogP contribution in [0.25, 0.3) is 6.08 Å². The van der Waals surface area contributed by atoms with Crippen molar-refractivity contribution in [2.24, 2.45) is 5.92 Å². The minimum absolute atomic E-state index is 0.397. The van der Waals surface area contributed by atoms with E-state index in [-0.39, 0.29) is 0 Å². The maximum Gasteiger partial charge on any atom is 0.321 e. The van der Waals surface area contributed by atoms with Crippen molar-refractivity contribution in [3.63, 3.8) is 0 Å². The maximum absolute atomic E-state index is 5.90. The van der Waals surface area contributed by atoms with E-state index in [2.05, 4.69) is 52.1 Å². The molecule has 1 aromatic carbocycles. The van der Waals surface area contributed by atoms with Crippen LogP contribution in [0.2, 0.25) is 0 Å². The van der Waals surface area contributed by atoms with Gasteiger partial charge in [0.25, 0.3) is 0 Å². The van der Waals surface area contributed by atoms with E-state index in [0.717, 1.165) is 48.0 Å². The van der Waals surface area contributed by atoms with Crippen molar-refractivity contribution in [1.29, 1.82) is 0 Å². The topological polar surface area (TPSA) is 64.3 Å². The van der Waals surface area contributed by atoms with E-state index < -0.39 is 0 Å². The summed E-state index contributed by atoms with van der Waals surface area (Å²) in [6.45, 7) is 8.20. The third kappa shape index (κ3) is 4.33. The molecule has 0 bridgehead atoms. The molecule has 1 aliphatic heterocycles. The summed E-state index contributed by atoms with van der Waals surface area (Å²) in [5.41, 5.74) is 4.92. The van der Waals surface area contributed by atoms with Crippen LogP contribution in [0.3, 0.4) is 0 Å². The Kier molecular flexibility index (Phi) is 5.22. The smallest absolute Gasteiger partial charge is 0.321 e. The molecule has 3 aromatic rings. The van der Waals surface area contributed by atoms with Gasteiger partial charge in [-0.25, -0.2) is 9.97 Å². The number of piperidine rings is 1. The molecule has 160 valence electrons. The summed E-state index contributed by atoms with van der Waals surface area (Å²) in [6.07, 6.45) is 9.55. The minimum Gasteiger partial charge on any atom is -0.424 e. The van der Waals surface area contributed by atoms with Crippen LogP contribution in [0.5, 0.6) is 11.8 Å². The quantitative estimate of drug-likeness (QED) is 0.533. The number of anilines is 1. The number of ether oxygens (including phenoxy) is 1. The van der Waals surface area contributed by atoms with Crippen LogP contribution in [0.15, 0.2) is 46.8 Å². The Morgan fingerprint density at radius 3 is 2.65 bits per heavy atom.